The molecule has 0 aliphatic heterocycles. The highest BCUT2D eigenvalue weighted by Crippen LogP contribution is 2.49. The van der Waals surface area contributed by atoms with Gasteiger partial charge in [-0.1, -0.05) is 211 Å². The molecule has 0 spiro atoms. The van der Waals surface area contributed by atoms with Crippen LogP contribution in [0, 0.1) is 70.3 Å². The third kappa shape index (κ3) is 28.0. The molecule has 0 aromatic heterocycles. The van der Waals surface area contributed by atoms with Gasteiger partial charge in [0.05, 0.1) is 26.4 Å². The zero-order chi connectivity index (χ0) is 46.9. The van der Waals surface area contributed by atoms with Gasteiger partial charge in [0.1, 0.15) is 27.3 Å². The second-order valence-corrected chi connectivity index (χ2v) is 32.8. The predicted molar refractivity (Wildman–Crippen MR) is 279 cm³/mol. The summed E-state index contributed by atoms with van der Waals surface area (Å²) in [5.41, 5.74) is 9.02. The van der Waals surface area contributed by atoms with E-state index in [-0.39, 0.29) is 0 Å². The Balaban J connectivity index is 4.07. The first-order chi connectivity index (χ1) is 29.0. The molecule has 4 atom stereocenters. The van der Waals surface area contributed by atoms with Crippen LogP contribution >= 0.6 is 0 Å². The predicted octanol–water partition coefficient (Wildman–Crippen LogP) is 17.1. The molecule has 0 fully saturated rings. The van der Waals surface area contributed by atoms with E-state index in [4.69, 9.17) is 18.9 Å². The minimum Gasteiger partial charge on any atom is -0.488 e. The molecular formula is C56H102O4Si2. The van der Waals surface area contributed by atoms with Crippen LogP contribution in [0.2, 0.25) is 39.3 Å². The van der Waals surface area contributed by atoms with Crippen molar-refractivity contribution < 1.29 is 18.9 Å². The van der Waals surface area contributed by atoms with Crippen LogP contribution in [0.5, 0.6) is 23.0 Å². The number of benzene rings is 1. The average molecular weight is 896 g/mol. The van der Waals surface area contributed by atoms with Gasteiger partial charge in [0.2, 0.25) is 0 Å². The van der Waals surface area contributed by atoms with E-state index in [1.807, 2.05) is 0 Å². The summed E-state index contributed by atoms with van der Waals surface area (Å²) in [6.07, 6.45) is 18.8. The molecule has 358 valence electrons. The first-order valence-electron chi connectivity index (χ1n) is 25.8. The van der Waals surface area contributed by atoms with Crippen LogP contribution in [0.1, 0.15) is 197 Å². The normalized spacial score (nSPS) is 14.0. The van der Waals surface area contributed by atoms with Crippen LogP contribution in [-0.2, 0) is 0 Å². The number of hydrogen-bond acceptors (Lipinski definition) is 4. The fourth-order valence-electron chi connectivity index (χ4n) is 7.46. The Kier molecular flexibility index (Phi) is 29.0. The van der Waals surface area contributed by atoms with Crippen LogP contribution in [-0.4, -0.2) is 42.6 Å². The summed E-state index contributed by atoms with van der Waals surface area (Å²) >= 11 is 0. The quantitative estimate of drug-likeness (QED) is 0.0533. The summed E-state index contributed by atoms with van der Waals surface area (Å²) in [4.78, 5) is 0. The summed E-state index contributed by atoms with van der Waals surface area (Å²) in [7, 11) is -3.64. The van der Waals surface area contributed by atoms with Crippen LogP contribution in [0.15, 0.2) is 0 Å². The van der Waals surface area contributed by atoms with Gasteiger partial charge in [-0.05, 0) is 73.0 Å². The van der Waals surface area contributed by atoms with Crippen molar-refractivity contribution in [1.82, 2.24) is 0 Å². The van der Waals surface area contributed by atoms with Crippen molar-refractivity contribution in [3.05, 3.63) is 11.1 Å². The molecule has 0 N–H and O–H groups in total. The van der Waals surface area contributed by atoms with Gasteiger partial charge in [0.25, 0.3) is 0 Å². The third-order valence-electron chi connectivity index (χ3n) is 11.8. The molecule has 1 aromatic rings. The highest BCUT2D eigenvalue weighted by molar-refractivity contribution is 6.84. The Hall–Kier alpha value is -2.03. The van der Waals surface area contributed by atoms with Crippen molar-refractivity contribution in [3.63, 3.8) is 0 Å². The SMILES string of the molecule is CC(C)CCCC(C)CCOc1c(C#C[Si](C)(C)C)c(OCCC(C)CCCC(C)C)c(OCCC(C)CCCC(C)C)c(C#C[Si](C)(C)C)c1OCCC(C)CCCC(C)C. The van der Waals surface area contributed by atoms with E-state index in [0.29, 0.717) is 73.1 Å². The van der Waals surface area contributed by atoms with Gasteiger partial charge in [-0.25, -0.2) is 0 Å². The van der Waals surface area contributed by atoms with Gasteiger partial charge in [-0.3, -0.25) is 0 Å². The molecule has 1 rings (SSSR count). The molecule has 6 heteroatoms. The third-order valence-corrected chi connectivity index (χ3v) is 13.5. The van der Waals surface area contributed by atoms with Crippen molar-refractivity contribution in [1.29, 1.82) is 0 Å². The second kappa shape index (κ2) is 31.0. The van der Waals surface area contributed by atoms with E-state index in [1.54, 1.807) is 0 Å². The maximum atomic E-state index is 7.05. The smallest absolute Gasteiger partial charge is 0.182 e. The molecule has 0 amide bonds. The van der Waals surface area contributed by atoms with E-state index in [1.165, 1.54) is 77.0 Å². The molecule has 0 saturated carbocycles. The summed E-state index contributed by atoms with van der Waals surface area (Å²) in [5.74, 6) is 15.4. The van der Waals surface area contributed by atoms with Gasteiger partial charge in [-0.2, -0.15) is 0 Å². The van der Waals surface area contributed by atoms with Crippen LogP contribution in [0.25, 0.3) is 0 Å². The molecular weight excluding hydrogens is 793 g/mol. The minimum atomic E-state index is -1.82. The highest BCUT2D eigenvalue weighted by atomic mass is 28.3. The Bertz CT molecular complexity index is 1290. The molecule has 4 nitrogen and oxygen atoms in total. The van der Waals surface area contributed by atoms with Crippen LogP contribution in [0.4, 0.5) is 0 Å². The summed E-state index contributed by atoms with van der Waals surface area (Å²) in [6, 6.07) is 0. The zero-order valence-corrected chi connectivity index (χ0v) is 46.4. The van der Waals surface area contributed by atoms with Gasteiger partial charge in [0.15, 0.2) is 23.0 Å². The zero-order valence-electron chi connectivity index (χ0n) is 44.4. The molecule has 0 aliphatic carbocycles. The standard InChI is InChI=1S/C56H102O4Si2/c1-43(2)23-19-27-47(9)31-37-57-53-51(35-41-61(13,14)15)55(59-39-33-49(11)29-21-25-45(5)6)56(60-40-34-50(12)30-22-26-46(7)8)52(36-42-62(16,17)18)54(53)58-38-32-48(10)28-20-24-44(3)4/h43-50H,19-34,37-40H2,1-18H3. The monoisotopic (exact) mass is 895 g/mol. The van der Waals surface area contributed by atoms with Gasteiger partial charge in [0, 0.05) is 0 Å². The first-order valence-corrected chi connectivity index (χ1v) is 32.8. The molecule has 0 radical (unpaired) electrons. The fourth-order valence-corrected chi connectivity index (χ4v) is 8.46. The Morgan fingerprint density at radius 1 is 0.323 bits per heavy atom. The Labute approximate surface area is 389 Å². The summed E-state index contributed by atoms with van der Waals surface area (Å²) in [6.45, 7) is 44.3. The maximum Gasteiger partial charge on any atom is 0.182 e. The highest BCUT2D eigenvalue weighted by Gasteiger charge is 2.30. The van der Waals surface area contributed by atoms with Gasteiger partial charge >= 0.3 is 0 Å². The Morgan fingerprint density at radius 3 is 0.710 bits per heavy atom. The largest absolute Gasteiger partial charge is 0.488 e. The molecule has 62 heavy (non-hydrogen) atoms. The van der Waals surface area contributed by atoms with Crippen molar-refractivity contribution >= 4 is 16.1 Å². The Morgan fingerprint density at radius 2 is 0.532 bits per heavy atom. The molecule has 0 heterocycles. The lowest BCUT2D eigenvalue weighted by Gasteiger charge is -2.25. The first kappa shape index (κ1) is 58.0. The number of ether oxygens (including phenoxy) is 4. The topological polar surface area (TPSA) is 36.9 Å². The lowest BCUT2D eigenvalue weighted by atomic mass is 9.97. The van der Waals surface area contributed by atoms with Crippen LogP contribution in [0.3, 0.4) is 0 Å². The van der Waals surface area contributed by atoms with Gasteiger partial charge < -0.3 is 18.9 Å². The second-order valence-electron chi connectivity index (χ2n) is 23.3. The van der Waals surface area contributed by atoms with E-state index in [0.717, 1.165) is 60.5 Å². The van der Waals surface area contributed by atoms with Crippen molar-refractivity contribution in [2.24, 2.45) is 47.3 Å². The van der Waals surface area contributed by atoms with E-state index < -0.39 is 16.1 Å². The van der Waals surface area contributed by atoms with Crippen molar-refractivity contribution in [3.8, 4) is 45.9 Å². The van der Waals surface area contributed by atoms with E-state index in [2.05, 4.69) is 145 Å². The minimum absolute atomic E-state index is 0.561. The lowest BCUT2D eigenvalue weighted by molar-refractivity contribution is 0.218. The van der Waals surface area contributed by atoms with Crippen LogP contribution < -0.4 is 18.9 Å². The summed E-state index contributed by atoms with van der Waals surface area (Å²) in [5, 5.41) is 0. The average Bonchev–Trinajstić information content (AvgIpc) is 3.13. The molecule has 1 aromatic carbocycles. The van der Waals surface area contributed by atoms with E-state index >= 15 is 0 Å². The molecule has 0 aliphatic rings. The van der Waals surface area contributed by atoms with Crippen molar-refractivity contribution in [2.75, 3.05) is 26.4 Å². The molecule has 4 unspecified atom stereocenters. The molecule has 0 bridgehead atoms. The maximum absolute atomic E-state index is 7.05. The van der Waals surface area contributed by atoms with Gasteiger partial charge in [-0.15, -0.1) is 11.1 Å². The molecule has 0 saturated heterocycles. The lowest BCUT2D eigenvalue weighted by Crippen LogP contribution is -2.18. The number of rotatable bonds is 32. The summed E-state index contributed by atoms with van der Waals surface area (Å²) < 4.78 is 28.2. The number of hydrogen-bond donors (Lipinski definition) is 0. The fraction of sp³-hybridized carbons (Fsp3) is 0.821. The van der Waals surface area contributed by atoms with Crippen molar-refractivity contribution in [2.45, 2.75) is 225 Å². The van der Waals surface area contributed by atoms with E-state index in [9.17, 15) is 0 Å².